The summed E-state index contributed by atoms with van der Waals surface area (Å²) in [6.45, 7) is 2.44. The van der Waals surface area contributed by atoms with Gasteiger partial charge in [0.1, 0.15) is 0 Å². The lowest BCUT2D eigenvalue weighted by Gasteiger charge is -2.16. The maximum absolute atomic E-state index is 12.5. The van der Waals surface area contributed by atoms with Gasteiger partial charge < -0.3 is 15.5 Å². The van der Waals surface area contributed by atoms with Gasteiger partial charge in [-0.25, -0.2) is 0 Å². The zero-order chi connectivity index (χ0) is 20.5. The number of hydrogen-bond acceptors (Lipinski definition) is 3. The molecular formula is C25H29N3O2. The third kappa shape index (κ3) is 4.41. The predicted octanol–water partition coefficient (Wildman–Crippen LogP) is 3.60. The van der Waals surface area contributed by atoms with E-state index in [0.717, 1.165) is 36.7 Å². The zero-order valence-corrected chi connectivity index (χ0v) is 17.3. The Bertz CT molecular complexity index is 918. The third-order valence-corrected chi connectivity index (χ3v) is 6.53. The second-order valence-electron chi connectivity index (χ2n) is 8.92. The molecule has 2 saturated carbocycles. The molecule has 2 aromatic carbocycles. The van der Waals surface area contributed by atoms with Crippen molar-refractivity contribution < 1.29 is 9.59 Å². The molecular weight excluding hydrogens is 374 g/mol. The van der Waals surface area contributed by atoms with E-state index < -0.39 is 0 Å². The second kappa shape index (κ2) is 8.23. The summed E-state index contributed by atoms with van der Waals surface area (Å²) in [5, 5.41) is 6.66. The molecule has 30 heavy (non-hydrogen) atoms. The number of amides is 2. The minimum Gasteiger partial charge on any atom is -0.348 e. The number of carbonyl (C=O) groups is 2. The first-order valence-electron chi connectivity index (χ1n) is 11.2. The molecule has 5 rings (SSSR count). The van der Waals surface area contributed by atoms with E-state index in [2.05, 4.69) is 22.8 Å². The second-order valence-corrected chi connectivity index (χ2v) is 8.92. The van der Waals surface area contributed by atoms with Crippen LogP contribution < -0.4 is 15.5 Å². The molecule has 5 nitrogen and oxygen atoms in total. The molecule has 0 bridgehead atoms. The van der Waals surface area contributed by atoms with Gasteiger partial charge in [0.25, 0.3) is 5.91 Å². The van der Waals surface area contributed by atoms with Gasteiger partial charge >= 0.3 is 0 Å². The molecule has 1 saturated heterocycles. The average Bonchev–Trinajstić information content (AvgIpc) is 3.69. The van der Waals surface area contributed by atoms with Gasteiger partial charge in [-0.3, -0.25) is 9.59 Å². The molecule has 0 radical (unpaired) electrons. The predicted molar refractivity (Wildman–Crippen MR) is 118 cm³/mol. The fraction of sp³-hybridized carbons (Fsp3) is 0.440. The Hall–Kier alpha value is -2.66. The maximum atomic E-state index is 12.5. The van der Waals surface area contributed by atoms with Crippen LogP contribution in [0.1, 0.15) is 59.5 Å². The Morgan fingerprint density at radius 1 is 1.03 bits per heavy atom. The van der Waals surface area contributed by atoms with Gasteiger partial charge in [0.15, 0.2) is 0 Å². The van der Waals surface area contributed by atoms with Crippen LogP contribution in [0.5, 0.6) is 0 Å². The number of anilines is 1. The molecule has 0 spiro atoms. The van der Waals surface area contributed by atoms with Crippen molar-refractivity contribution in [1.82, 2.24) is 10.6 Å². The molecule has 1 aliphatic heterocycles. The van der Waals surface area contributed by atoms with Crippen LogP contribution in [0.4, 0.5) is 5.69 Å². The summed E-state index contributed by atoms with van der Waals surface area (Å²) < 4.78 is 0. The van der Waals surface area contributed by atoms with Crippen LogP contribution in [0.15, 0.2) is 48.5 Å². The summed E-state index contributed by atoms with van der Waals surface area (Å²) in [5.41, 5.74) is 3.99. The summed E-state index contributed by atoms with van der Waals surface area (Å²) in [5.74, 6) is 1.65. The lowest BCUT2D eigenvalue weighted by molar-refractivity contribution is -0.117. The number of benzene rings is 2. The lowest BCUT2D eigenvalue weighted by atomic mass is 10.1. The van der Waals surface area contributed by atoms with Crippen molar-refractivity contribution in [2.75, 3.05) is 18.0 Å². The summed E-state index contributed by atoms with van der Waals surface area (Å²) in [4.78, 5) is 26.2. The topological polar surface area (TPSA) is 61.4 Å². The van der Waals surface area contributed by atoms with Gasteiger partial charge in [0.2, 0.25) is 5.91 Å². The molecule has 156 valence electrons. The van der Waals surface area contributed by atoms with E-state index in [0.29, 0.717) is 30.5 Å². The van der Waals surface area contributed by atoms with Crippen LogP contribution in [0.3, 0.4) is 0 Å². The fourth-order valence-electron chi connectivity index (χ4n) is 4.31. The van der Waals surface area contributed by atoms with Crippen molar-refractivity contribution in [3.05, 3.63) is 65.2 Å². The first-order chi connectivity index (χ1) is 14.7. The normalized spacial score (nSPS) is 22.9. The van der Waals surface area contributed by atoms with Crippen LogP contribution in [0, 0.1) is 5.92 Å². The summed E-state index contributed by atoms with van der Waals surface area (Å²) in [6.07, 6.45) is 5.53. The molecule has 2 aliphatic carbocycles. The first kappa shape index (κ1) is 19.3. The molecule has 3 aliphatic rings. The molecule has 2 amide bonds. The minimum absolute atomic E-state index is 0.0560. The first-order valence-corrected chi connectivity index (χ1v) is 11.2. The smallest absolute Gasteiger partial charge is 0.251 e. The van der Waals surface area contributed by atoms with Crippen molar-refractivity contribution in [3.63, 3.8) is 0 Å². The Morgan fingerprint density at radius 2 is 1.80 bits per heavy atom. The van der Waals surface area contributed by atoms with E-state index >= 15 is 0 Å². The highest BCUT2D eigenvalue weighted by molar-refractivity contribution is 5.95. The summed E-state index contributed by atoms with van der Waals surface area (Å²) >= 11 is 0. The number of nitrogens with zero attached hydrogens (tertiary/aromatic N) is 1. The van der Waals surface area contributed by atoms with E-state index in [4.69, 9.17) is 0 Å². The van der Waals surface area contributed by atoms with Crippen molar-refractivity contribution in [3.8, 4) is 0 Å². The monoisotopic (exact) mass is 403 g/mol. The number of hydrogen-bond donors (Lipinski definition) is 2. The molecule has 3 fully saturated rings. The maximum Gasteiger partial charge on any atom is 0.251 e. The van der Waals surface area contributed by atoms with Crippen molar-refractivity contribution in [2.24, 2.45) is 5.92 Å². The number of nitrogens with one attached hydrogen (secondary N) is 2. The Balaban J connectivity index is 1.11. The van der Waals surface area contributed by atoms with Gasteiger partial charge in [0.05, 0.1) is 0 Å². The fourth-order valence-corrected chi connectivity index (χ4v) is 4.31. The molecule has 0 unspecified atom stereocenters. The van der Waals surface area contributed by atoms with Crippen LogP contribution in [-0.2, 0) is 11.3 Å². The van der Waals surface area contributed by atoms with E-state index in [1.807, 2.05) is 41.3 Å². The van der Waals surface area contributed by atoms with Crippen molar-refractivity contribution >= 4 is 17.5 Å². The molecule has 2 atom stereocenters. The highest BCUT2D eigenvalue weighted by Crippen LogP contribution is 2.41. The zero-order valence-electron chi connectivity index (χ0n) is 17.3. The highest BCUT2D eigenvalue weighted by Gasteiger charge is 2.38. The minimum atomic E-state index is -0.0560. The summed E-state index contributed by atoms with van der Waals surface area (Å²) in [7, 11) is 0. The van der Waals surface area contributed by atoms with Gasteiger partial charge in [0, 0.05) is 42.7 Å². The highest BCUT2D eigenvalue weighted by atomic mass is 16.2. The van der Waals surface area contributed by atoms with E-state index in [1.54, 1.807) is 0 Å². The summed E-state index contributed by atoms with van der Waals surface area (Å²) in [6, 6.07) is 16.6. The van der Waals surface area contributed by atoms with Crippen LogP contribution in [-0.4, -0.2) is 30.9 Å². The van der Waals surface area contributed by atoms with E-state index in [1.165, 1.54) is 24.8 Å². The molecule has 5 heteroatoms. The van der Waals surface area contributed by atoms with Crippen LogP contribution in [0.2, 0.25) is 0 Å². The Morgan fingerprint density at radius 3 is 2.47 bits per heavy atom. The van der Waals surface area contributed by atoms with Gasteiger partial charge in [-0.2, -0.15) is 0 Å². The Labute approximate surface area is 177 Å². The largest absolute Gasteiger partial charge is 0.348 e. The van der Waals surface area contributed by atoms with Crippen LogP contribution in [0.25, 0.3) is 0 Å². The SMILES string of the molecule is O=C(NCc1ccc(N2CCCC2=O)cc1)c1ccc([C@@H]2C[C@H]2NCC2CC2)cc1. The van der Waals surface area contributed by atoms with Gasteiger partial charge in [-0.05, 0) is 73.5 Å². The van der Waals surface area contributed by atoms with E-state index in [-0.39, 0.29) is 11.8 Å². The van der Waals surface area contributed by atoms with Gasteiger partial charge in [-0.1, -0.05) is 24.3 Å². The molecule has 0 aromatic heterocycles. The van der Waals surface area contributed by atoms with Crippen LogP contribution >= 0.6 is 0 Å². The molecule has 2 aromatic rings. The number of rotatable bonds is 8. The molecule has 2 N–H and O–H groups in total. The van der Waals surface area contributed by atoms with Gasteiger partial charge in [-0.15, -0.1) is 0 Å². The lowest BCUT2D eigenvalue weighted by Crippen LogP contribution is -2.24. The van der Waals surface area contributed by atoms with E-state index in [9.17, 15) is 9.59 Å². The Kier molecular flexibility index (Phi) is 5.30. The quantitative estimate of drug-likeness (QED) is 0.708. The number of carbonyl (C=O) groups excluding carboxylic acids is 2. The van der Waals surface area contributed by atoms with Crippen molar-refractivity contribution in [2.45, 2.75) is 50.6 Å². The van der Waals surface area contributed by atoms with Crippen molar-refractivity contribution in [1.29, 1.82) is 0 Å². The molecule has 1 heterocycles. The third-order valence-electron chi connectivity index (χ3n) is 6.53. The standard InChI is InChI=1S/C25H29N3O2/c29-24-2-1-13-28(24)21-11-5-18(6-12-21)16-27-25(30)20-9-7-19(8-10-20)22-14-23(22)26-15-17-3-4-17/h5-12,17,22-23,26H,1-4,13-16H2,(H,27,30)/t22-,23+/m0/s1. The average molecular weight is 404 g/mol.